The van der Waals surface area contributed by atoms with Gasteiger partial charge in [0.05, 0.1) is 24.5 Å². The van der Waals surface area contributed by atoms with Crippen molar-refractivity contribution < 1.29 is 13.9 Å². The highest BCUT2D eigenvalue weighted by atomic mass is 35.5. The lowest BCUT2D eigenvalue weighted by Gasteiger charge is -2.06. The van der Waals surface area contributed by atoms with E-state index in [0.717, 1.165) is 0 Å². The van der Waals surface area contributed by atoms with Gasteiger partial charge >= 0.3 is 0 Å². The van der Waals surface area contributed by atoms with Crippen LogP contribution in [0.5, 0.6) is 5.75 Å². The zero-order chi connectivity index (χ0) is 19.3. The van der Waals surface area contributed by atoms with Crippen molar-refractivity contribution in [3.8, 4) is 28.4 Å². The maximum Gasteiger partial charge on any atom is 0.198 e. The molecule has 0 saturated carbocycles. The van der Waals surface area contributed by atoms with Gasteiger partial charge in [-0.3, -0.25) is 15.0 Å². The van der Waals surface area contributed by atoms with Gasteiger partial charge in [0.1, 0.15) is 10.8 Å². The molecule has 4 rings (SSSR count). The fraction of sp³-hybridized carbons (Fsp3) is 0.176. The third kappa shape index (κ3) is 2.50. The number of rotatable bonds is 4. The Balaban J connectivity index is 2.14. The van der Waals surface area contributed by atoms with Crippen molar-refractivity contribution in [3.63, 3.8) is 0 Å². The summed E-state index contributed by atoms with van der Waals surface area (Å²) >= 11 is 6.11. The molecule has 0 aliphatic rings. The predicted molar refractivity (Wildman–Crippen MR) is 97.4 cm³/mol. The summed E-state index contributed by atoms with van der Waals surface area (Å²) in [6.07, 6.45) is 3.28. The highest BCUT2D eigenvalue weighted by molar-refractivity contribution is 6.33. The molecule has 2 N–H and O–H groups in total. The average molecular weight is 389 g/mol. The molecule has 0 bridgehead atoms. The Morgan fingerprint density at radius 2 is 2.19 bits per heavy atom. The normalized spacial score (nSPS) is 11.3. The largest absolute Gasteiger partial charge is 0.495 e. The molecule has 8 nitrogen and oxygen atoms in total. The number of benzene rings is 1. The van der Waals surface area contributed by atoms with Crippen molar-refractivity contribution in [2.45, 2.75) is 6.92 Å². The minimum Gasteiger partial charge on any atom is -0.495 e. The van der Waals surface area contributed by atoms with E-state index in [1.165, 1.54) is 14.0 Å². The number of nitrogens with one attached hydrogen (secondary N) is 2. The average Bonchev–Trinajstić information content (AvgIpc) is 3.36. The van der Waals surface area contributed by atoms with Crippen LogP contribution in [0.15, 0.2) is 18.5 Å². The first-order chi connectivity index (χ1) is 12.9. The molecule has 0 spiro atoms. The van der Waals surface area contributed by atoms with Gasteiger partial charge in [-0.25, -0.2) is 9.37 Å². The fourth-order valence-electron chi connectivity index (χ4n) is 3.13. The number of aromatic nitrogens is 6. The zero-order valence-corrected chi connectivity index (χ0v) is 15.3. The molecule has 0 fully saturated rings. The van der Waals surface area contributed by atoms with E-state index in [9.17, 15) is 4.79 Å². The lowest BCUT2D eigenvalue weighted by molar-refractivity contribution is 0.100. The van der Waals surface area contributed by atoms with Crippen molar-refractivity contribution in [1.82, 2.24) is 29.9 Å². The molecule has 3 heterocycles. The van der Waals surface area contributed by atoms with Gasteiger partial charge in [0.25, 0.3) is 0 Å². The first kappa shape index (κ1) is 17.2. The van der Waals surface area contributed by atoms with Gasteiger partial charge in [-0.05, 0) is 6.07 Å². The first-order valence-corrected chi connectivity index (χ1v) is 8.29. The second-order valence-corrected chi connectivity index (χ2v) is 6.31. The maximum atomic E-state index is 15.0. The molecule has 0 atom stereocenters. The van der Waals surface area contributed by atoms with Gasteiger partial charge in [0, 0.05) is 36.7 Å². The molecular formula is C17H14ClFN6O2. The van der Waals surface area contributed by atoms with E-state index in [2.05, 4.69) is 25.4 Å². The number of aromatic amines is 2. The third-order valence-corrected chi connectivity index (χ3v) is 4.71. The topological polar surface area (TPSA) is 101 Å². The predicted octanol–water partition coefficient (Wildman–Crippen LogP) is 3.36. The lowest BCUT2D eigenvalue weighted by atomic mass is 10.0. The number of hydrogen-bond acceptors (Lipinski definition) is 5. The number of methoxy groups -OCH3 is 1. The minimum absolute atomic E-state index is 0.115. The van der Waals surface area contributed by atoms with Crippen molar-refractivity contribution in [3.05, 3.63) is 35.1 Å². The number of carbonyl (C=O) groups excluding carboxylic acids is 1. The number of halogens is 2. The van der Waals surface area contributed by atoms with Crippen LogP contribution in [0.3, 0.4) is 0 Å². The number of carbonyl (C=O) groups is 1. The summed E-state index contributed by atoms with van der Waals surface area (Å²) in [7, 11) is 3.10. The number of fused-ring (bicyclic) bond motifs is 1. The summed E-state index contributed by atoms with van der Waals surface area (Å²) in [6.45, 7) is 1.38. The quantitative estimate of drug-likeness (QED) is 0.522. The van der Waals surface area contributed by atoms with Crippen LogP contribution in [0.25, 0.3) is 33.5 Å². The van der Waals surface area contributed by atoms with Crippen LogP contribution in [0.2, 0.25) is 5.02 Å². The van der Waals surface area contributed by atoms with Gasteiger partial charge in [-0.15, -0.1) is 0 Å². The maximum absolute atomic E-state index is 15.0. The summed E-state index contributed by atoms with van der Waals surface area (Å²) in [5.41, 5.74) is 2.12. The molecular weight excluding hydrogens is 375 g/mol. The van der Waals surface area contributed by atoms with Crippen LogP contribution in [-0.2, 0) is 7.05 Å². The number of Topliss-reactive ketones (excluding diaryl/α,β-unsaturated/α-hetero) is 1. The highest BCUT2D eigenvalue weighted by Crippen LogP contribution is 2.44. The van der Waals surface area contributed by atoms with Crippen molar-refractivity contribution in [2.75, 3.05) is 7.11 Å². The number of hydrogen-bond donors (Lipinski definition) is 2. The molecule has 0 unspecified atom stereocenters. The molecule has 27 heavy (non-hydrogen) atoms. The first-order valence-electron chi connectivity index (χ1n) is 7.91. The Morgan fingerprint density at radius 1 is 1.41 bits per heavy atom. The summed E-state index contributed by atoms with van der Waals surface area (Å²) < 4.78 is 21.8. The Morgan fingerprint density at radius 3 is 2.78 bits per heavy atom. The third-order valence-electron chi connectivity index (χ3n) is 4.36. The van der Waals surface area contributed by atoms with Crippen LogP contribution in [0.1, 0.15) is 17.5 Å². The standard InChI is InChI=1S/C17H14ClFN6O2/c1-7(26)16-22-17(24-23-16)15-11(8-5-20-21-6-8)9-4-10(27-3)12(18)13(19)14(9)25(15)2/h4-6H,1-3H3,(H,20,21)(H,22,23,24). The number of ketones is 1. The van der Waals surface area contributed by atoms with Crippen molar-refractivity contribution in [2.24, 2.45) is 7.05 Å². The van der Waals surface area contributed by atoms with E-state index in [1.54, 1.807) is 30.1 Å². The van der Waals surface area contributed by atoms with E-state index < -0.39 is 5.82 Å². The summed E-state index contributed by atoms with van der Waals surface area (Å²) in [4.78, 5) is 15.8. The van der Waals surface area contributed by atoms with Crippen molar-refractivity contribution in [1.29, 1.82) is 0 Å². The molecule has 0 aliphatic heterocycles. The number of H-pyrrole nitrogens is 2. The molecule has 3 aromatic heterocycles. The van der Waals surface area contributed by atoms with E-state index in [1.807, 2.05) is 0 Å². The van der Waals surface area contributed by atoms with Crippen LogP contribution in [0.4, 0.5) is 4.39 Å². The molecule has 4 aromatic rings. The monoisotopic (exact) mass is 388 g/mol. The second-order valence-electron chi connectivity index (χ2n) is 5.94. The Kier molecular flexibility index (Phi) is 3.96. The minimum atomic E-state index is -0.619. The molecule has 0 amide bonds. The number of nitrogens with zero attached hydrogens (tertiary/aromatic N) is 4. The van der Waals surface area contributed by atoms with Gasteiger partial charge in [0.15, 0.2) is 23.2 Å². The van der Waals surface area contributed by atoms with Crippen LogP contribution >= 0.6 is 11.6 Å². The molecule has 0 radical (unpaired) electrons. The fourth-order valence-corrected chi connectivity index (χ4v) is 3.36. The lowest BCUT2D eigenvalue weighted by Crippen LogP contribution is -1.97. The molecule has 138 valence electrons. The Labute approximate surface area is 157 Å². The summed E-state index contributed by atoms with van der Waals surface area (Å²) in [5.74, 6) is -0.294. The molecule has 1 aromatic carbocycles. The van der Waals surface area contributed by atoms with Crippen molar-refractivity contribution >= 4 is 28.3 Å². The Bertz CT molecular complexity index is 1180. The van der Waals surface area contributed by atoms with E-state index >= 15 is 4.39 Å². The van der Waals surface area contributed by atoms with Gasteiger partial charge in [-0.1, -0.05) is 11.6 Å². The highest BCUT2D eigenvalue weighted by Gasteiger charge is 2.27. The van der Waals surface area contributed by atoms with E-state index in [0.29, 0.717) is 22.2 Å². The SMILES string of the molecule is COc1cc2c(-c3cn[nH]c3)c(-c3n[nH]c(C(C)=O)n3)n(C)c2c(F)c1Cl. The van der Waals surface area contributed by atoms with Gasteiger partial charge in [0.2, 0.25) is 0 Å². The van der Waals surface area contributed by atoms with Crippen LogP contribution in [-0.4, -0.2) is 42.8 Å². The Hall–Kier alpha value is -3.20. The molecule has 10 heteroatoms. The number of ether oxygens (including phenoxy) is 1. The summed E-state index contributed by atoms with van der Waals surface area (Å²) in [5, 5.41) is 13.9. The van der Waals surface area contributed by atoms with Gasteiger partial charge < -0.3 is 9.30 Å². The van der Waals surface area contributed by atoms with E-state index in [4.69, 9.17) is 16.3 Å². The van der Waals surface area contributed by atoms with Crippen LogP contribution in [0, 0.1) is 5.82 Å². The van der Waals surface area contributed by atoms with Crippen LogP contribution < -0.4 is 4.74 Å². The van der Waals surface area contributed by atoms with E-state index in [-0.39, 0.29) is 33.7 Å². The molecule has 0 aliphatic carbocycles. The zero-order valence-electron chi connectivity index (χ0n) is 14.6. The smallest absolute Gasteiger partial charge is 0.198 e. The van der Waals surface area contributed by atoms with Gasteiger partial charge in [-0.2, -0.15) is 10.2 Å². The number of aryl methyl sites for hydroxylation is 1. The molecule has 0 saturated heterocycles. The summed E-state index contributed by atoms with van der Waals surface area (Å²) in [6, 6.07) is 1.66. The second kappa shape index (κ2) is 6.20.